The number of nitrogens with zero attached hydrogens (tertiary/aromatic N) is 1. The number of hydrogen-bond acceptors (Lipinski definition) is 5. The Labute approximate surface area is 202 Å². The normalized spacial score (nSPS) is 17.5. The van der Waals surface area contributed by atoms with Gasteiger partial charge in [0.1, 0.15) is 17.3 Å². The fraction of sp³-hybridized carbons (Fsp3) is 0.120. The molecule has 1 atom stereocenters. The van der Waals surface area contributed by atoms with E-state index in [9.17, 15) is 27.9 Å². The third-order valence-corrected chi connectivity index (χ3v) is 5.57. The summed E-state index contributed by atoms with van der Waals surface area (Å²) in [5, 5.41) is 11.5. The van der Waals surface area contributed by atoms with E-state index >= 15 is 0 Å². The van der Waals surface area contributed by atoms with Gasteiger partial charge in [0.15, 0.2) is 0 Å². The van der Waals surface area contributed by atoms with Crippen LogP contribution in [0.4, 0.5) is 18.9 Å². The minimum absolute atomic E-state index is 0.129. The molecule has 1 saturated heterocycles. The topological polar surface area (TPSA) is 76.1 Å². The van der Waals surface area contributed by atoms with E-state index in [4.69, 9.17) is 16.3 Å². The van der Waals surface area contributed by atoms with Gasteiger partial charge < -0.3 is 14.6 Å². The summed E-state index contributed by atoms with van der Waals surface area (Å²) < 4.78 is 46.8. The summed E-state index contributed by atoms with van der Waals surface area (Å²) >= 11 is 5.92. The molecule has 1 aliphatic rings. The number of aliphatic hydroxyl groups is 1. The van der Waals surface area contributed by atoms with Crippen molar-refractivity contribution < 1.29 is 37.3 Å². The fourth-order valence-corrected chi connectivity index (χ4v) is 3.92. The molecule has 1 heterocycles. The number of methoxy groups -OCH3 is 1. The number of carbonyl (C=O) groups is 2. The van der Waals surface area contributed by atoms with E-state index in [0.717, 1.165) is 17.0 Å². The lowest BCUT2D eigenvalue weighted by Crippen LogP contribution is -2.29. The maximum Gasteiger partial charge on any atom is 0.573 e. The molecule has 0 bridgehead atoms. The second kappa shape index (κ2) is 9.34. The molecule has 6 nitrogen and oxygen atoms in total. The summed E-state index contributed by atoms with van der Waals surface area (Å²) in [6, 6.07) is 16.0. The van der Waals surface area contributed by atoms with Crippen LogP contribution in [0.25, 0.3) is 5.76 Å². The summed E-state index contributed by atoms with van der Waals surface area (Å²) in [5.41, 5.74) is 0.634. The minimum atomic E-state index is -4.88. The number of hydrogen-bond donors (Lipinski definition) is 1. The number of aliphatic hydroxyl groups excluding tert-OH is 1. The SMILES string of the molecule is COc1cccc(C2/C(=C(/O)c3ccc(Cl)cc3)C(=O)C(=O)N2c2ccc(OC(F)(F)F)cc2)c1. The number of amides is 1. The summed E-state index contributed by atoms with van der Waals surface area (Å²) in [6.07, 6.45) is -4.88. The number of alkyl halides is 3. The van der Waals surface area contributed by atoms with E-state index in [1.54, 1.807) is 24.3 Å². The Morgan fingerprint density at radius 2 is 1.63 bits per heavy atom. The highest BCUT2D eigenvalue weighted by molar-refractivity contribution is 6.51. The van der Waals surface area contributed by atoms with Gasteiger partial charge in [0.05, 0.1) is 18.7 Å². The number of ether oxygens (including phenoxy) is 2. The minimum Gasteiger partial charge on any atom is -0.507 e. The largest absolute Gasteiger partial charge is 0.573 e. The van der Waals surface area contributed by atoms with Crippen molar-refractivity contribution in [2.24, 2.45) is 0 Å². The Morgan fingerprint density at radius 3 is 2.23 bits per heavy atom. The van der Waals surface area contributed by atoms with Gasteiger partial charge in [0, 0.05) is 16.3 Å². The first kappa shape index (κ1) is 24.2. The van der Waals surface area contributed by atoms with E-state index in [1.165, 1.54) is 43.5 Å². The van der Waals surface area contributed by atoms with Crippen LogP contribution < -0.4 is 14.4 Å². The van der Waals surface area contributed by atoms with Gasteiger partial charge >= 0.3 is 6.36 Å². The number of Topliss-reactive ketones (excluding diaryl/α,β-unsaturated/α-hetero) is 1. The van der Waals surface area contributed by atoms with Crippen molar-refractivity contribution in [1.82, 2.24) is 0 Å². The van der Waals surface area contributed by atoms with Gasteiger partial charge in [-0.15, -0.1) is 13.2 Å². The monoisotopic (exact) mass is 503 g/mol. The molecule has 180 valence electrons. The Kier molecular flexibility index (Phi) is 6.45. The summed E-state index contributed by atoms with van der Waals surface area (Å²) in [7, 11) is 1.45. The lowest BCUT2D eigenvalue weighted by Gasteiger charge is -2.26. The fourth-order valence-electron chi connectivity index (χ4n) is 3.80. The predicted molar refractivity (Wildman–Crippen MR) is 122 cm³/mol. The van der Waals surface area contributed by atoms with Crippen molar-refractivity contribution in [3.8, 4) is 11.5 Å². The maximum atomic E-state index is 13.1. The molecule has 0 aromatic heterocycles. The van der Waals surface area contributed by atoms with Crippen molar-refractivity contribution in [3.05, 3.63) is 94.5 Å². The van der Waals surface area contributed by atoms with Gasteiger partial charge in [-0.05, 0) is 66.2 Å². The molecule has 1 N–H and O–H groups in total. The molecular weight excluding hydrogens is 487 g/mol. The molecular formula is C25H17ClF3NO5. The number of rotatable bonds is 5. The number of ketones is 1. The van der Waals surface area contributed by atoms with E-state index in [1.807, 2.05) is 0 Å². The van der Waals surface area contributed by atoms with Crippen LogP contribution in [0.2, 0.25) is 5.02 Å². The van der Waals surface area contributed by atoms with Crippen molar-refractivity contribution in [2.75, 3.05) is 12.0 Å². The van der Waals surface area contributed by atoms with Crippen LogP contribution in [0.1, 0.15) is 17.2 Å². The van der Waals surface area contributed by atoms with Crippen molar-refractivity contribution in [2.45, 2.75) is 12.4 Å². The molecule has 1 amide bonds. The molecule has 1 fully saturated rings. The average molecular weight is 504 g/mol. The number of carbonyl (C=O) groups excluding carboxylic acids is 2. The molecule has 3 aromatic carbocycles. The van der Waals surface area contributed by atoms with Crippen molar-refractivity contribution in [3.63, 3.8) is 0 Å². The van der Waals surface area contributed by atoms with Crippen LogP contribution in [-0.4, -0.2) is 30.3 Å². The van der Waals surface area contributed by atoms with Gasteiger partial charge in [-0.2, -0.15) is 0 Å². The molecule has 0 saturated carbocycles. The molecule has 1 unspecified atom stereocenters. The molecule has 10 heteroatoms. The van der Waals surface area contributed by atoms with Crippen LogP contribution in [0, 0.1) is 0 Å². The molecule has 0 radical (unpaired) electrons. The van der Waals surface area contributed by atoms with Gasteiger partial charge in [0.2, 0.25) is 0 Å². The smallest absolute Gasteiger partial charge is 0.507 e. The summed E-state index contributed by atoms with van der Waals surface area (Å²) in [6.45, 7) is 0. The Morgan fingerprint density at radius 1 is 0.971 bits per heavy atom. The van der Waals surface area contributed by atoms with E-state index in [2.05, 4.69) is 4.74 Å². The molecule has 0 aliphatic carbocycles. The second-order valence-electron chi connectivity index (χ2n) is 7.49. The standard InChI is InChI=1S/C25H17ClF3NO5/c1-34-19-4-2-3-15(13-19)21-20(22(31)14-5-7-16(26)8-6-14)23(32)24(33)30(21)17-9-11-18(12-10-17)35-25(27,28)29/h2-13,21,31H,1H3/b22-20-. The van der Waals surface area contributed by atoms with Crippen molar-refractivity contribution >= 4 is 34.7 Å². The molecule has 35 heavy (non-hydrogen) atoms. The van der Waals surface area contributed by atoms with E-state index in [-0.39, 0.29) is 16.8 Å². The van der Waals surface area contributed by atoms with Gasteiger partial charge in [-0.1, -0.05) is 23.7 Å². The van der Waals surface area contributed by atoms with Crippen LogP contribution in [-0.2, 0) is 9.59 Å². The Hall–Kier alpha value is -3.98. The average Bonchev–Trinajstić information content (AvgIpc) is 3.09. The quantitative estimate of drug-likeness (QED) is 0.267. The highest BCUT2D eigenvalue weighted by Gasteiger charge is 2.47. The number of halogens is 4. The highest BCUT2D eigenvalue weighted by Crippen LogP contribution is 2.43. The zero-order valence-electron chi connectivity index (χ0n) is 18.0. The maximum absolute atomic E-state index is 13.1. The van der Waals surface area contributed by atoms with Gasteiger partial charge in [-0.25, -0.2) is 0 Å². The predicted octanol–water partition coefficient (Wildman–Crippen LogP) is 5.87. The van der Waals surface area contributed by atoms with Gasteiger partial charge in [-0.3, -0.25) is 14.5 Å². The lowest BCUT2D eigenvalue weighted by molar-refractivity contribution is -0.274. The first-order valence-electron chi connectivity index (χ1n) is 10.2. The molecule has 3 aromatic rings. The summed E-state index contributed by atoms with van der Waals surface area (Å²) in [4.78, 5) is 27.4. The van der Waals surface area contributed by atoms with Crippen LogP contribution in [0.5, 0.6) is 11.5 Å². The Balaban J connectivity index is 1.86. The third-order valence-electron chi connectivity index (χ3n) is 5.32. The van der Waals surface area contributed by atoms with Crippen LogP contribution >= 0.6 is 11.6 Å². The van der Waals surface area contributed by atoms with E-state index < -0.39 is 35.6 Å². The van der Waals surface area contributed by atoms with E-state index in [0.29, 0.717) is 16.3 Å². The van der Waals surface area contributed by atoms with Gasteiger partial charge in [0.25, 0.3) is 11.7 Å². The van der Waals surface area contributed by atoms with Crippen molar-refractivity contribution in [1.29, 1.82) is 0 Å². The second-order valence-corrected chi connectivity index (χ2v) is 7.93. The van der Waals surface area contributed by atoms with Crippen LogP contribution in [0.3, 0.4) is 0 Å². The summed E-state index contributed by atoms with van der Waals surface area (Å²) in [5.74, 6) is -2.39. The Bertz CT molecular complexity index is 1300. The first-order valence-corrected chi connectivity index (χ1v) is 10.5. The molecule has 4 rings (SSSR count). The zero-order chi connectivity index (χ0) is 25.3. The first-order chi connectivity index (χ1) is 16.6. The number of benzene rings is 3. The highest BCUT2D eigenvalue weighted by atomic mass is 35.5. The third kappa shape index (κ3) is 4.95. The molecule has 1 aliphatic heterocycles. The number of anilines is 1. The van der Waals surface area contributed by atoms with Crippen LogP contribution in [0.15, 0.2) is 78.4 Å². The molecule has 0 spiro atoms. The zero-order valence-corrected chi connectivity index (χ0v) is 18.8. The lowest BCUT2D eigenvalue weighted by atomic mass is 9.95.